The molecule has 20 heavy (non-hydrogen) atoms. The number of aryl methyl sites for hydroxylation is 1. The van der Waals surface area contributed by atoms with Crippen LogP contribution in [0.15, 0.2) is 12.3 Å². The lowest BCUT2D eigenvalue weighted by atomic mass is 10.1. The molecule has 2 aromatic rings. The molecule has 0 amide bonds. The number of hydrogen-bond donors (Lipinski definition) is 0. The van der Waals surface area contributed by atoms with Crippen LogP contribution < -0.4 is 0 Å². The second-order valence-corrected chi connectivity index (χ2v) is 5.49. The number of fused-ring (bicyclic) bond motifs is 2. The lowest BCUT2D eigenvalue weighted by Crippen LogP contribution is -2.30. The van der Waals surface area contributed by atoms with Gasteiger partial charge in [0.15, 0.2) is 0 Å². The Morgan fingerprint density at radius 2 is 2.30 bits per heavy atom. The summed E-state index contributed by atoms with van der Waals surface area (Å²) >= 11 is 0. The van der Waals surface area contributed by atoms with E-state index < -0.39 is 0 Å². The highest BCUT2D eigenvalue weighted by molar-refractivity contribution is 5.19. The van der Waals surface area contributed by atoms with Gasteiger partial charge < -0.3 is 9.47 Å². The third kappa shape index (κ3) is 2.05. The minimum Gasteiger partial charge on any atom is -0.373 e. The van der Waals surface area contributed by atoms with E-state index >= 15 is 0 Å². The van der Waals surface area contributed by atoms with Crippen LogP contribution in [-0.2, 0) is 42.2 Å². The van der Waals surface area contributed by atoms with Gasteiger partial charge in [0.1, 0.15) is 0 Å². The molecule has 6 nitrogen and oxygen atoms in total. The van der Waals surface area contributed by atoms with Crippen molar-refractivity contribution < 1.29 is 9.47 Å². The molecule has 0 saturated heterocycles. The van der Waals surface area contributed by atoms with E-state index in [1.54, 1.807) is 0 Å². The molecule has 0 saturated carbocycles. The third-order valence-corrected chi connectivity index (χ3v) is 4.00. The van der Waals surface area contributed by atoms with E-state index in [1.807, 2.05) is 17.8 Å². The average molecular weight is 274 g/mol. The van der Waals surface area contributed by atoms with E-state index in [0.717, 1.165) is 31.8 Å². The maximum atomic E-state index is 5.94. The van der Waals surface area contributed by atoms with Gasteiger partial charge in [0.2, 0.25) is 0 Å². The number of nitrogens with zero attached hydrogens (tertiary/aromatic N) is 4. The molecule has 2 aromatic heterocycles. The van der Waals surface area contributed by atoms with Gasteiger partial charge in [0, 0.05) is 6.42 Å². The Hall–Kier alpha value is -1.66. The van der Waals surface area contributed by atoms with Gasteiger partial charge in [-0.3, -0.25) is 9.36 Å². The van der Waals surface area contributed by atoms with Crippen molar-refractivity contribution in [2.24, 2.45) is 0 Å². The largest absolute Gasteiger partial charge is 0.373 e. The summed E-state index contributed by atoms with van der Waals surface area (Å²) in [6, 6.07) is 2.09. The number of hydrogen-bond acceptors (Lipinski definition) is 4. The summed E-state index contributed by atoms with van der Waals surface area (Å²) in [5.74, 6) is 0. The molecule has 1 atom stereocenters. The van der Waals surface area contributed by atoms with Crippen molar-refractivity contribution in [2.45, 2.75) is 45.8 Å². The summed E-state index contributed by atoms with van der Waals surface area (Å²) < 4.78 is 15.6. The van der Waals surface area contributed by atoms with Crippen LogP contribution in [0.2, 0.25) is 0 Å². The zero-order valence-electron chi connectivity index (χ0n) is 11.6. The Morgan fingerprint density at radius 3 is 3.25 bits per heavy atom. The van der Waals surface area contributed by atoms with E-state index in [2.05, 4.69) is 20.9 Å². The van der Waals surface area contributed by atoms with E-state index in [-0.39, 0.29) is 6.10 Å². The molecule has 0 bridgehead atoms. The molecule has 0 spiro atoms. The van der Waals surface area contributed by atoms with Gasteiger partial charge in [-0.1, -0.05) is 0 Å². The van der Waals surface area contributed by atoms with Crippen LogP contribution in [-0.4, -0.2) is 32.3 Å². The molecule has 0 N–H and O–H groups in total. The van der Waals surface area contributed by atoms with Crippen LogP contribution >= 0.6 is 0 Å². The first-order valence-corrected chi connectivity index (χ1v) is 7.06. The topological polar surface area (TPSA) is 54.1 Å². The lowest BCUT2D eigenvalue weighted by Gasteiger charge is -2.24. The summed E-state index contributed by atoms with van der Waals surface area (Å²) in [6.45, 7) is 5.74. The average Bonchev–Trinajstić information content (AvgIpc) is 3.02. The standard InChI is InChI=1S/C14H18N4O2/c1-10-4-12-8-20-13(7-18(12)16-10)5-11-6-15-17-2-3-19-9-14(11)17/h4,6,13H,2-3,5,7-9H2,1H3. The van der Waals surface area contributed by atoms with Gasteiger partial charge in [0.25, 0.3) is 0 Å². The van der Waals surface area contributed by atoms with Crippen LogP contribution in [0, 0.1) is 6.92 Å². The SMILES string of the molecule is Cc1cc2n(n1)CC(Cc1cnn3c1COCC3)OC2. The van der Waals surface area contributed by atoms with Crippen molar-refractivity contribution in [3.63, 3.8) is 0 Å². The van der Waals surface area contributed by atoms with Crippen molar-refractivity contribution in [1.29, 1.82) is 0 Å². The van der Waals surface area contributed by atoms with Crippen LogP contribution in [0.25, 0.3) is 0 Å². The fourth-order valence-electron chi connectivity index (χ4n) is 2.99. The highest BCUT2D eigenvalue weighted by Crippen LogP contribution is 2.21. The van der Waals surface area contributed by atoms with Crippen LogP contribution in [0.5, 0.6) is 0 Å². The van der Waals surface area contributed by atoms with Crippen LogP contribution in [0.4, 0.5) is 0 Å². The molecule has 0 aliphatic carbocycles. The molecule has 2 aliphatic heterocycles. The molecule has 4 heterocycles. The molecule has 0 radical (unpaired) electrons. The van der Waals surface area contributed by atoms with E-state index in [9.17, 15) is 0 Å². The van der Waals surface area contributed by atoms with E-state index in [0.29, 0.717) is 13.2 Å². The van der Waals surface area contributed by atoms with Crippen molar-refractivity contribution in [2.75, 3.05) is 6.61 Å². The Balaban J connectivity index is 1.51. The lowest BCUT2D eigenvalue weighted by molar-refractivity contribution is 0.000343. The summed E-state index contributed by atoms with van der Waals surface area (Å²) in [5.41, 5.74) is 4.66. The van der Waals surface area contributed by atoms with Crippen LogP contribution in [0.3, 0.4) is 0 Å². The van der Waals surface area contributed by atoms with Gasteiger partial charge in [-0.05, 0) is 18.6 Å². The minimum absolute atomic E-state index is 0.164. The Kier molecular flexibility index (Phi) is 2.85. The quantitative estimate of drug-likeness (QED) is 0.821. The second kappa shape index (κ2) is 4.71. The molecular weight excluding hydrogens is 256 g/mol. The molecule has 1 unspecified atom stereocenters. The predicted molar refractivity (Wildman–Crippen MR) is 71.1 cm³/mol. The van der Waals surface area contributed by atoms with E-state index in [4.69, 9.17) is 9.47 Å². The van der Waals surface area contributed by atoms with Gasteiger partial charge in [-0.2, -0.15) is 10.2 Å². The normalized spacial score (nSPS) is 21.6. The summed E-state index contributed by atoms with van der Waals surface area (Å²) in [5, 5.41) is 8.94. The highest BCUT2D eigenvalue weighted by Gasteiger charge is 2.23. The Labute approximate surface area is 117 Å². The Bertz CT molecular complexity index is 631. The monoisotopic (exact) mass is 274 g/mol. The van der Waals surface area contributed by atoms with Crippen molar-refractivity contribution in [3.8, 4) is 0 Å². The fourth-order valence-corrected chi connectivity index (χ4v) is 2.99. The van der Waals surface area contributed by atoms with Crippen molar-refractivity contribution >= 4 is 0 Å². The number of aromatic nitrogens is 4. The zero-order chi connectivity index (χ0) is 13.5. The summed E-state index contributed by atoms with van der Waals surface area (Å²) in [4.78, 5) is 0. The molecular formula is C14H18N4O2. The summed E-state index contributed by atoms with van der Waals surface area (Å²) in [6.07, 6.45) is 2.99. The molecule has 4 rings (SSSR count). The number of rotatable bonds is 2. The van der Waals surface area contributed by atoms with Gasteiger partial charge in [-0.15, -0.1) is 0 Å². The van der Waals surface area contributed by atoms with Crippen molar-refractivity contribution in [1.82, 2.24) is 19.6 Å². The molecule has 0 aromatic carbocycles. The Morgan fingerprint density at radius 1 is 1.35 bits per heavy atom. The number of ether oxygens (including phenoxy) is 2. The first kappa shape index (κ1) is 12.1. The molecule has 106 valence electrons. The minimum atomic E-state index is 0.164. The summed E-state index contributed by atoms with van der Waals surface area (Å²) in [7, 11) is 0. The molecule has 2 aliphatic rings. The third-order valence-electron chi connectivity index (χ3n) is 4.00. The molecule has 6 heteroatoms. The first-order valence-electron chi connectivity index (χ1n) is 7.06. The predicted octanol–water partition coefficient (Wildman–Crippen LogP) is 1.06. The highest BCUT2D eigenvalue weighted by atomic mass is 16.5. The van der Waals surface area contributed by atoms with Gasteiger partial charge >= 0.3 is 0 Å². The van der Waals surface area contributed by atoms with Crippen molar-refractivity contribution in [3.05, 3.63) is 34.9 Å². The smallest absolute Gasteiger partial charge is 0.0889 e. The first-order chi connectivity index (χ1) is 9.79. The molecule has 0 fully saturated rings. The maximum absolute atomic E-state index is 5.94. The van der Waals surface area contributed by atoms with E-state index in [1.165, 1.54) is 17.0 Å². The fraction of sp³-hybridized carbons (Fsp3) is 0.571. The maximum Gasteiger partial charge on any atom is 0.0889 e. The second-order valence-electron chi connectivity index (χ2n) is 5.49. The zero-order valence-corrected chi connectivity index (χ0v) is 11.6. The van der Waals surface area contributed by atoms with Gasteiger partial charge in [0.05, 0.1) is 62.3 Å². The van der Waals surface area contributed by atoms with Crippen LogP contribution in [0.1, 0.15) is 22.6 Å². The van der Waals surface area contributed by atoms with Gasteiger partial charge in [-0.25, -0.2) is 0 Å².